The van der Waals surface area contributed by atoms with Gasteiger partial charge >= 0.3 is 0 Å². The number of carbonyl (C=O) groups excluding carboxylic acids is 1. The van der Waals surface area contributed by atoms with E-state index in [1.165, 1.54) is 17.7 Å². The molecule has 0 aliphatic rings. The molecule has 0 aliphatic carbocycles. The van der Waals surface area contributed by atoms with Crippen molar-refractivity contribution in [1.82, 2.24) is 5.32 Å². The Morgan fingerprint density at radius 2 is 1.75 bits per heavy atom. The van der Waals surface area contributed by atoms with Crippen molar-refractivity contribution < 1.29 is 13.2 Å². The number of hydrogen-bond donors (Lipinski definition) is 2. The molecule has 28 heavy (non-hydrogen) atoms. The van der Waals surface area contributed by atoms with Gasteiger partial charge in [-0.1, -0.05) is 45.4 Å². The van der Waals surface area contributed by atoms with Crippen LogP contribution in [0, 0.1) is 12.8 Å². The van der Waals surface area contributed by atoms with Crippen LogP contribution in [-0.4, -0.2) is 20.9 Å². The van der Waals surface area contributed by atoms with E-state index in [1.54, 1.807) is 25.1 Å². The van der Waals surface area contributed by atoms with Crippen LogP contribution in [0.2, 0.25) is 0 Å². The van der Waals surface area contributed by atoms with Gasteiger partial charge in [-0.2, -0.15) is 0 Å². The number of carbonyl (C=O) groups is 1. The zero-order valence-corrected chi connectivity index (χ0v) is 17.9. The molecule has 0 atom stereocenters. The van der Waals surface area contributed by atoms with E-state index in [1.807, 2.05) is 26.0 Å². The van der Waals surface area contributed by atoms with E-state index in [0.717, 1.165) is 24.8 Å². The van der Waals surface area contributed by atoms with Gasteiger partial charge < -0.3 is 5.32 Å². The Hall–Kier alpha value is -2.34. The van der Waals surface area contributed by atoms with E-state index < -0.39 is 10.0 Å². The molecule has 0 spiro atoms. The van der Waals surface area contributed by atoms with E-state index in [0.29, 0.717) is 23.7 Å². The number of anilines is 1. The second kappa shape index (κ2) is 9.73. The van der Waals surface area contributed by atoms with Crippen LogP contribution in [0.5, 0.6) is 0 Å². The molecule has 2 aromatic rings. The average molecular weight is 403 g/mol. The summed E-state index contributed by atoms with van der Waals surface area (Å²) in [5.41, 5.74) is 2.80. The van der Waals surface area contributed by atoms with E-state index >= 15 is 0 Å². The molecule has 6 heteroatoms. The molecule has 1 amide bonds. The van der Waals surface area contributed by atoms with Crippen molar-refractivity contribution in [3.05, 3.63) is 59.2 Å². The van der Waals surface area contributed by atoms with Gasteiger partial charge in [-0.3, -0.25) is 9.52 Å². The Balaban J connectivity index is 2.18. The Morgan fingerprint density at radius 3 is 2.36 bits per heavy atom. The molecule has 0 fully saturated rings. The van der Waals surface area contributed by atoms with Crippen LogP contribution in [0.15, 0.2) is 47.4 Å². The maximum atomic E-state index is 12.8. The van der Waals surface area contributed by atoms with Crippen LogP contribution >= 0.6 is 0 Å². The SMILES string of the molecule is CCCCc1ccc(NS(=O)(=O)c2ccc(C)c(C(=O)NCC(C)C)c2)cc1. The van der Waals surface area contributed by atoms with Crippen LogP contribution in [0.25, 0.3) is 0 Å². The molecule has 2 rings (SSSR count). The number of aryl methyl sites for hydroxylation is 2. The number of benzene rings is 2. The summed E-state index contributed by atoms with van der Waals surface area (Å²) in [5, 5.41) is 2.84. The quantitative estimate of drug-likeness (QED) is 0.647. The van der Waals surface area contributed by atoms with Gasteiger partial charge in [0.1, 0.15) is 0 Å². The first kappa shape index (κ1) is 22.0. The highest BCUT2D eigenvalue weighted by atomic mass is 32.2. The molecule has 2 N–H and O–H groups in total. The Morgan fingerprint density at radius 1 is 1.07 bits per heavy atom. The van der Waals surface area contributed by atoms with Crippen molar-refractivity contribution in [1.29, 1.82) is 0 Å². The first-order valence-electron chi connectivity index (χ1n) is 9.73. The molecule has 0 saturated carbocycles. The summed E-state index contributed by atoms with van der Waals surface area (Å²) in [7, 11) is -3.78. The van der Waals surface area contributed by atoms with Gasteiger partial charge in [-0.25, -0.2) is 8.42 Å². The molecule has 5 nitrogen and oxygen atoms in total. The van der Waals surface area contributed by atoms with Crippen molar-refractivity contribution in [3.63, 3.8) is 0 Å². The Labute approximate surface area is 168 Å². The van der Waals surface area contributed by atoms with Gasteiger partial charge in [0.15, 0.2) is 0 Å². The number of unbranched alkanes of at least 4 members (excludes halogenated alkanes) is 1. The number of rotatable bonds is 9. The van der Waals surface area contributed by atoms with E-state index in [9.17, 15) is 13.2 Å². The van der Waals surface area contributed by atoms with E-state index in [-0.39, 0.29) is 10.8 Å². The fraction of sp³-hybridized carbons (Fsp3) is 0.409. The van der Waals surface area contributed by atoms with Gasteiger partial charge in [0, 0.05) is 17.8 Å². The molecular weight excluding hydrogens is 372 g/mol. The smallest absolute Gasteiger partial charge is 0.261 e. The van der Waals surface area contributed by atoms with Crippen molar-refractivity contribution in [3.8, 4) is 0 Å². The van der Waals surface area contributed by atoms with Crippen LogP contribution in [0.1, 0.15) is 55.1 Å². The number of nitrogens with one attached hydrogen (secondary N) is 2. The van der Waals surface area contributed by atoms with Gasteiger partial charge in [0.05, 0.1) is 4.90 Å². The maximum absolute atomic E-state index is 12.8. The van der Waals surface area contributed by atoms with Crippen molar-refractivity contribution in [2.45, 2.75) is 51.9 Å². The second-order valence-electron chi connectivity index (χ2n) is 7.49. The van der Waals surface area contributed by atoms with Crippen LogP contribution < -0.4 is 10.0 Å². The summed E-state index contributed by atoms with van der Waals surface area (Å²) in [6.45, 7) is 8.49. The monoisotopic (exact) mass is 402 g/mol. The summed E-state index contributed by atoms with van der Waals surface area (Å²) in [6.07, 6.45) is 3.21. The van der Waals surface area contributed by atoms with Crippen LogP contribution in [0.4, 0.5) is 5.69 Å². The fourth-order valence-corrected chi connectivity index (χ4v) is 3.82. The first-order chi connectivity index (χ1) is 13.2. The van der Waals surface area contributed by atoms with Crippen molar-refractivity contribution >= 4 is 21.6 Å². The highest BCUT2D eigenvalue weighted by Crippen LogP contribution is 2.20. The molecule has 0 saturated heterocycles. The van der Waals surface area contributed by atoms with Gasteiger partial charge in [-0.15, -0.1) is 0 Å². The van der Waals surface area contributed by atoms with Crippen molar-refractivity contribution in [2.75, 3.05) is 11.3 Å². The normalized spacial score (nSPS) is 11.5. The first-order valence-corrected chi connectivity index (χ1v) is 11.2. The predicted molar refractivity (Wildman–Crippen MR) is 114 cm³/mol. The van der Waals surface area contributed by atoms with Gasteiger partial charge in [0.25, 0.3) is 15.9 Å². The summed E-state index contributed by atoms with van der Waals surface area (Å²) in [5.74, 6) is 0.0571. The minimum atomic E-state index is -3.78. The molecule has 0 aliphatic heterocycles. The lowest BCUT2D eigenvalue weighted by molar-refractivity contribution is 0.0948. The Kier molecular flexibility index (Phi) is 7.63. The average Bonchev–Trinajstić information content (AvgIpc) is 2.65. The summed E-state index contributed by atoms with van der Waals surface area (Å²) in [4.78, 5) is 12.5. The Bertz CT molecular complexity index is 904. The fourth-order valence-electron chi connectivity index (χ4n) is 2.74. The topological polar surface area (TPSA) is 75.3 Å². The molecule has 152 valence electrons. The zero-order chi connectivity index (χ0) is 20.7. The van der Waals surface area contributed by atoms with Crippen LogP contribution in [0.3, 0.4) is 0 Å². The summed E-state index contributed by atoms with van der Waals surface area (Å²) < 4.78 is 28.1. The van der Waals surface area contributed by atoms with Gasteiger partial charge in [0.2, 0.25) is 0 Å². The standard InChI is InChI=1S/C22H30N2O3S/c1-5-6-7-18-9-11-19(12-10-18)24-28(26,27)20-13-8-17(4)21(14-20)22(25)23-15-16(2)3/h8-14,16,24H,5-7,15H2,1-4H3,(H,23,25). The molecule has 0 unspecified atom stereocenters. The molecule has 0 radical (unpaired) electrons. The number of sulfonamides is 1. The highest BCUT2D eigenvalue weighted by Gasteiger charge is 2.18. The molecule has 0 aromatic heterocycles. The second-order valence-corrected chi connectivity index (χ2v) is 9.17. The summed E-state index contributed by atoms with van der Waals surface area (Å²) in [6, 6.07) is 12.0. The largest absolute Gasteiger partial charge is 0.352 e. The maximum Gasteiger partial charge on any atom is 0.261 e. The van der Waals surface area contributed by atoms with Crippen molar-refractivity contribution in [2.24, 2.45) is 5.92 Å². The van der Waals surface area contributed by atoms with E-state index in [4.69, 9.17) is 0 Å². The van der Waals surface area contributed by atoms with E-state index in [2.05, 4.69) is 17.0 Å². The minimum Gasteiger partial charge on any atom is -0.352 e. The molecule has 0 bridgehead atoms. The molecule has 2 aromatic carbocycles. The zero-order valence-electron chi connectivity index (χ0n) is 17.1. The lowest BCUT2D eigenvalue weighted by atomic mass is 10.1. The minimum absolute atomic E-state index is 0.0721. The lowest BCUT2D eigenvalue weighted by Gasteiger charge is -2.13. The predicted octanol–water partition coefficient (Wildman–Crippen LogP) is 4.52. The summed E-state index contributed by atoms with van der Waals surface area (Å²) >= 11 is 0. The number of amides is 1. The third-order valence-electron chi connectivity index (χ3n) is 4.46. The lowest BCUT2D eigenvalue weighted by Crippen LogP contribution is -2.28. The highest BCUT2D eigenvalue weighted by molar-refractivity contribution is 7.92. The number of hydrogen-bond acceptors (Lipinski definition) is 3. The third-order valence-corrected chi connectivity index (χ3v) is 5.84. The molecule has 0 heterocycles. The molecular formula is C22H30N2O3S. The van der Waals surface area contributed by atoms with Gasteiger partial charge in [-0.05, 0) is 61.1 Å². The van der Waals surface area contributed by atoms with Crippen LogP contribution in [-0.2, 0) is 16.4 Å². The third kappa shape index (κ3) is 6.09.